The molecule has 0 amide bonds. The molecular weight excluding hydrogens is 248 g/mol. The van der Waals surface area contributed by atoms with Crippen molar-refractivity contribution >= 4 is 11.6 Å². The van der Waals surface area contributed by atoms with Crippen LogP contribution >= 0.6 is 11.6 Å². The van der Waals surface area contributed by atoms with E-state index in [1.807, 2.05) is 0 Å². The monoisotopic (exact) mass is 268 g/mol. The van der Waals surface area contributed by atoms with Crippen molar-refractivity contribution in [1.82, 2.24) is 4.90 Å². The van der Waals surface area contributed by atoms with Crippen LogP contribution in [-0.2, 0) is 11.3 Å². The van der Waals surface area contributed by atoms with Gasteiger partial charge in [-0.05, 0) is 29.7 Å². The first-order valence-corrected chi connectivity index (χ1v) is 6.87. The SMILES string of the molecule is CC(CN)c1ccc(CN2CCOCC2)c(Cl)c1. The van der Waals surface area contributed by atoms with Crippen LogP contribution in [0.5, 0.6) is 0 Å². The third-order valence-corrected chi connectivity index (χ3v) is 3.85. The second-order valence-corrected chi connectivity index (χ2v) is 5.28. The molecule has 1 fully saturated rings. The summed E-state index contributed by atoms with van der Waals surface area (Å²) in [6, 6.07) is 6.31. The van der Waals surface area contributed by atoms with Crippen LogP contribution in [0, 0.1) is 0 Å². The predicted octanol–water partition coefficient (Wildman–Crippen LogP) is 2.23. The molecule has 1 aliphatic rings. The van der Waals surface area contributed by atoms with Gasteiger partial charge in [0.2, 0.25) is 0 Å². The van der Waals surface area contributed by atoms with Gasteiger partial charge in [0.25, 0.3) is 0 Å². The predicted molar refractivity (Wildman–Crippen MR) is 75.0 cm³/mol. The van der Waals surface area contributed by atoms with Gasteiger partial charge in [-0.2, -0.15) is 0 Å². The first-order chi connectivity index (χ1) is 8.70. The second-order valence-electron chi connectivity index (χ2n) is 4.88. The molecular formula is C14H21ClN2O. The zero-order valence-electron chi connectivity index (χ0n) is 10.9. The number of nitrogens with zero attached hydrogens (tertiary/aromatic N) is 1. The van der Waals surface area contributed by atoms with E-state index in [4.69, 9.17) is 22.1 Å². The van der Waals surface area contributed by atoms with E-state index in [2.05, 4.69) is 30.0 Å². The smallest absolute Gasteiger partial charge is 0.0594 e. The summed E-state index contributed by atoms with van der Waals surface area (Å²) in [7, 11) is 0. The first-order valence-electron chi connectivity index (χ1n) is 6.49. The summed E-state index contributed by atoms with van der Waals surface area (Å²) < 4.78 is 5.34. The molecule has 2 rings (SSSR count). The molecule has 1 unspecified atom stereocenters. The van der Waals surface area contributed by atoms with Crippen molar-refractivity contribution in [2.24, 2.45) is 5.73 Å². The third kappa shape index (κ3) is 3.45. The zero-order chi connectivity index (χ0) is 13.0. The van der Waals surface area contributed by atoms with Crippen molar-refractivity contribution < 1.29 is 4.74 Å². The van der Waals surface area contributed by atoms with E-state index < -0.39 is 0 Å². The Morgan fingerprint density at radius 2 is 2.11 bits per heavy atom. The van der Waals surface area contributed by atoms with E-state index in [9.17, 15) is 0 Å². The highest BCUT2D eigenvalue weighted by molar-refractivity contribution is 6.31. The van der Waals surface area contributed by atoms with Crippen LogP contribution in [0.3, 0.4) is 0 Å². The lowest BCUT2D eigenvalue weighted by atomic mass is 10.00. The fraction of sp³-hybridized carbons (Fsp3) is 0.571. The van der Waals surface area contributed by atoms with Crippen LogP contribution in [0.4, 0.5) is 0 Å². The van der Waals surface area contributed by atoms with Gasteiger partial charge in [-0.25, -0.2) is 0 Å². The molecule has 1 aliphatic heterocycles. The number of hydrogen-bond acceptors (Lipinski definition) is 3. The summed E-state index contributed by atoms with van der Waals surface area (Å²) in [6.07, 6.45) is 0. The quantitative estimate of drug-likeness (QED) is 0.910. The van der Waals surface area contributed by atoms with Crippen LogP contribution in [0.1, 0.15) is 24.0 Å². The molecule has 1 aromatic rings. The Bertz CT molecular complexity index is 391. The molecule has 0 aromatic heterocycles. The number of nitrogens with two attached hydrogens (primary N) is 1. The Kier molecular flexibility index (Phi) is 5.01. The fourth-order valence-electron chi connectivity index (χ4n) is 2.13. The molecule has 100 valence electrons. The van der Waals surface area contributed by atoms with Crippen LogP contribution in [0.25, 0.3) is 0 Å². The lowest BCUT2D eigenvalue weighted by Gasteiger charge is -2.27. The van der Waals surface area contributed by atoms with Gasteiger partial charge in [-0.1, -0.05) is 30.7 Å². The largest absolute Gasteiger partial charge is 0.379 e. The van der Waals surface area contributed by atoms with Crippen LogP contribution in [0.15, 0.2) is 18.2 Å². The minimum atomic E-state index is 0.361. The summed E-state index contributed by atoms with van der Waals surface area (Å²) in [4.78, 5) is 2.37. The Balaban J connectivity index is 2.04. The van der Waals surface area contributed by atoms with Crippen molar-refractivity contribution in [3.63, 3.8) is 0 Å². The van der Waals surface area contributed by atoms with E-state index in [-0.39, 0.29) is 0 Å². The summed E-state index contributed by atoms with van der Waals surface area (Å²) >= 11 is 6.35. The Labute approximate surface area is 114 Å². The summed E-state index contributed by atoms with van der Waals surface area (Å²) in [5, 5.41) is 0.847. The molecule has 18 heavy (non-hydrogen) atoms. The van der Waals surface area contributed by atoms with Crippen LogP contribution in [-0.4, -0.2) is 37.7 Å². The van der Waals surface area contributed by atoms with E-state index in [1.165, 1.54) is 11.1 Å². The molecule has 1 saturated heterocycles. The molecule has 1 heterocycles. The number of morpholine rings is 1. The molecule has 0 radical (unpaired) electrons. The normalized spacial score (nSPS) is 18.8. The van der Waals surface area contributed by atoms with Gasteiger partial charge in [-0.15, -0.1) is 0 Å². The first kappa shape index (κ1) is 13.8. The molecule has 1 atom stereocenters. The van der Waals surface area contributed by atoms with E-state index in [0.29, 0.717) is 12.5 Å². The summed E-state index contributed by atoms with van der Waals surface area (Å²) in [6.45, 7) is 7.28. The van der Waals surface area contributed by atoms with Crippen molar-refractivity contribution in [3.05, 3.63) is 34.3 Å². The van der Waals surface area contributed by atoms with Crippen molar-refractivity contribution in [2.45, 2.75) is 19.4 Å². The van der Waals surface area contributed by atoms with Gasteiger partial charge in [0.15, 0.2) is 0 Å². The number of ether oxygens (including phenoxy) is 1. The van der Waals surface area contributed by atoms with Crippen LogP contribution < -0.4 is 5.73 Å². The van der Waals surface area contributed by atoms with Gasteiger partial charge >= 0.3 is 0 Å². The van der Waals surface area contributed by atoms with Crippen LogP contribution in [0.2, 0.25) is 5.02 Å². The van der Waals surface area contributed by atoms with Gasteiger partial charge < -0.3 is 10.5 Å². The van der Waals surface area contributed by atoms with Crippen molar-refractivity contribution in [1.29, 1.82) is 0 Å². The fourth-order valence-corrected chi connectivity index (χ4v) is 2.38. The maximum atomic E-state index is 6.35. The Morgan fingerprint density at radius 1 is 1.39 bits per heavy atom. The molecule has 0 spiro atoms. The van der Waals surface area contributed by atoms with Gasteiger partial charge in [0, 0.05) is 24.7 Å². The molecule has 3 nitrogen and oxygen atoms in total. The number of rotatable bonds is 4. The topological polar surface area (TPSA) is 38.5 Å². The molecule has 0 aliphatic carbocycles. The third-order valence-electron chi connectivity index (χ3n) is 3.50. The molecule has 1 aromatic carbocycles. The molecule has 2 N–H and O–H groups in total. The highest BCUT2D eigenvalue weighted by Gasteiger charge is 2.13. The summed E-state index contributed by atoms with van der Waals surface area (Å²) in [5.74, 6) is 0.361. The molecule has 0 saturated carbocycles. The van der Waals surface area contributed by atoms with Gasteiger partial charge in [0.05, 0.1) is 13.2 Å². The lowest BCUT2D eigenvalue weighted by Crippen LogP contribution is -2.35. The number of benzene rings is 1. The second kappa shape index (κ2) is 6.53. The highest BCUT2D eigenvalue weighted by atomic mass is 35.5. The lowest BCUT2D eigenvalue weighted by molar-refractivity contribution is 0.0342. The Hall–Kier alpha value is -0.610. The van der Waals surface area contributed by atoms with E-state index in [1.54, 1.807) is 0 Å². The van der Waals surface area contributed by atoms with Gasteiger partial charge in [0.1, 0.15) is 0 Å². The van der Waals surface area contributed by atoms with E-state index in [0.717, 1.165) is 37.9 Å². The van der Waals surface area contributed by atoms with Gasteiger partial charge in [-0.3, -0.25) is 4.90 Å². The maximum absolute atomic E-state index is 6.35. The minimum Gasteiger partial charge on any atom is -0.379 e. The van der Waals surface area contributed by atoms with Crippen molar-refractivity contribution in [2.75, 3.05) is 32.8 Å². The Morgan fingerprint density at radius 3 is 2.72 bits per heavy atom. The number of hydrogen-bond donors (Lipinski definition) is 1. The zero-order valence-corrected chi connectivity index (χ0v) is 11.6. The molecule has 4 heteroatoms. The average molecular weight is 269 g/mol. The number of halogens is 1. The van der Waals surface area contributed by atoms with Crippen molar-refractivity contribution in [3.8, 4) is 0 Å². The van der Waals surface area contributed by atoms with E-state index >= 15 is 0 Å². The standard InChI is InChI=1S/C14H21ClN2O/c1-11(9-16)12-2-3-13(14(15)8-12)10-17-4-6-18-7-5-17/h2-3,8,11H,4-7,9-10,16H2,1H3. The minimum absolute atomic E-state index is 0.361. The maximum Gasteiger partial charge on any atom is 0.0594 e. The highest BCUT2D eigenvalue weighted by Crippen LogP contribution is 2.24. The summed E-state index contributed by atoms with van der Waals surface area (Å²) in [5.41, 5.74) is 8.08. The molecule has 0 bridgehead atoms. The average Bonchev–Trinajstić information content (AvgIpc) is 2.41.